The molecule has 0 saturated carbocycles. The molecule has 0 spiro atoms. The van der Waals surface area contributed by atoms with Crippen molar-refractivity contribution >= 4 is 10.0 Å². The van der Waals surface area contributed by atoms with Gasteiger partial charge in [0.15, 0.2) is 5.82 Å². The predicted octanol–water partition coefficient (Wildman–Crippen LogP) is 0.991. The van der Waals surface area contributed by atoms with Crippen molar-refractivity contribution in [3.63, 3.8) is 0 Å². The third-order valence-electron chi connectivity index (χ3n) is 3.77. The molecule has 0 amide bonds. The minimum atomic E-state index is -4.62. The molecule has 1 aliphatic heterocycles. The van der Waals surface area contributed by atoms with Crippen molar-refractivity contribution in [2.75, 3.05) is 19.7 Å². The molecular formula is C13H14F3N5O3S. The molecule has 1 fully saturated rings. The Kier molecular flexibility index (Phi) is 4.51. The number of rotatable bonds is 3. The molecule has 12 heteroatoms. The van der Waals surface area contributed by atoms with Crippen molar-refractivity contribution in [2.24, 2.45) is 7.05 Å². The zero-order valence-corrected chi connectivity index (χ0v) is 13.8. The fraction of sp³-hybridized carbons (Fsp3) is 0.462. The summed E-state index contributed by atoms with van der Waals surface area (Å²) in [6.07, 6.45) is -5.32. The van der Waals surface area contributed by atoms with Crippen LogP contribution in [0, 0.1) is 0 Å². The number of nitrogens with zero attached hydrogens (tertiary/aromatic N) is 5. The number of aromatic nitrogens is 4. The van der Waals surface area contributed by atoms with Crippen LogP contribution >= 0.6 is 0 Å². The van der Waals surface area contributed by atoms with Gasteiger partial charge < -0.3 is 4.74 Å². The molecule has 2 aromatic rings. The van der Waals surface area contributed by atoms with Crippen LogP contribution in [0.5, 0.6) is 0 Å². The summed E-state index contributed by atoms with van der Waals surface area (Å²) in [5.74, 6) is 0.337. The van der Waals surface area contributed by atoms with Crippen molar-refractivity contribution in [1.82, 2.24) is 24.5 Å². The van der Waals surface area contributed by atoms with E-state index in [1.807, 2.05) is 0 Å². The quantitative estimate of drug-likeness (QED) is 0.793. The van der Waals surface area contributed by atoms with Gasteiger partial charge in [0, 0.05) is 20.1 Å². The van der Waals surface area contributed by atoms with Gasteiger partial charge in [0.05, 0.1) is 17.1 Å². The average molecular weight is 377 g/mol. The lowest BCUT2D eigenvalue weighted by atomic mass is 10.2. The Hall–Kier alpha value is -2.05. The van der Waals surface area contributed by atoms with Crippen LogP contribution in [0.2, 0.25) is 0 Å². The molecular weight excluding hydrogens is 363 g/mol. The van der Waals surface area contributed by atoms with E-state index in [1.165, 1.54) is 4.68 Å². The number of aryl methyl sites for hydroxylation is 1. The molecule has 8 nitrogen and oxygen atoms in total. The Bertz CT molecular complexity index is 868. The molecule has 0 aliphatic carbocycles. The van der Waals surface area contributed by atoms with Gasteiger partial charge in [-0.15, -0.1) is 5.10 Å². The lowest BCUT2D eigenvalue weighted by Crippen LogP contribution is -2.42. The van der Waals surface area contributed by atoms with Crippen LogP contribution in [0.25, 0.3) is 0 Å². The molecule has 3 rings (SSSR count). The molecule has 1 saturated heterocycles. The van der Waals surface area contributed by atoms with Crippen LogP contribution in [0.1, 0.15) is 17.5 Å². The number of tetrazole rings is 1. The van der Waals surface area contributed by atoms with Crippen molar-refractivity contribution in [3.05, 3.63) is 35.7 Å². The van der Waals surface area contributed by atoms with Gasteiger partial charge in [0.1, 0.15) is 6.10 Å². The molecule has 1 aromatic heterocycles. The van der Waals surface area contributed by atoms with Crippen molar-refractivity contribution < 1.29 is 26.3 Å². The molecule has 1 aromatic carbocycles. The third kappa shape index (κ3) is 3.50. The summed E-state index contributed by atoms with van der Waals surface area (Å²) in [6, 6.07) is 3.66. The molecule has 1 atom stereocenters. The van der Waals surface area contributed by atoms with E-state index in [1.54, 1.807) is 7.05 Å². The van der Waals surface area contributed by atoms with E-state index in [2.05, 4.69) is 15.5 Å². The number of hydrogen-bond donors (Lipinski definition) is 0. The van der Waals surface area contributed by atoms with E-state index in [9.17, 15) is 21.6 Å². The molecule has 2 heterocycles. The minimum Gasteiger partial charge on any atom is -0.367 e. The summed E-state index contributed by atoms with van der Waals surface area (Å²) in [5, 5.41) is 10.9. The van der Waals surface area contributed by atoms with Crippen molar-refractivity contribution in [3.8, 4) is 0 Å². The van der Waals surface area contributed by atoms with Crippen LogP contribution in [0.15, 0.2) is 29.2 Å². The molecule has 1 aliphatic rings. The first-order chi connectivity index (χ1) is 11.7. The van der Waals surface area contributed by atoms with Crippen LogP contribution in [-0.4, -0.2) is 52.6 Å². The Balaban J connectivity index is 1.88. The molecule has 0 bridgehead atoms. The zero-order chi connectivity index (χ0) is 18.2. The Morgan fingerprint density at radius 1 is 1.32 bits per heavy atom. The van der Waals surface area contributed by atoms with E-state index in [0.29, 0.717) is 11.9 Å². The van der Waals surface area contributed by atoms with Crippen LogP contribution in [0.3, 0.4) is 0 Å². The lowest BCUT2D eigenvalue weighted by molar-refractivity contribution is -0.137. The second-order valence-electron chi connectivity index (χ2n) is 5.41. The normalized spacial score (nSPS) is 19.9. The summed E-state index contributed by atoms with van der Waals surface area (Å²) in [7, 11) is -2.52. The third-order valence-corrected chi connectivity index (χ3v) is 5.63. The smallest absolute Gasteiger partial charge is 0.367 e. The first kappa shape index (κ1) is 17.8. The highest BCUT2D eigenvalue weighted by molar-refractivity contribution is 7.89. The van der Waals surface area contributed by atoms with Gasteiger partial charge in [-0.05, 0) is 28.6 Å². The second kappa shape index (κ2) is 6.35. The SMILES string of the molecule is Cn1nnnc1C1CN(S(=O)(=O)c2cccc(C(F)(F)F)c2)CCO1. The number of ether oxygens (including phenoxy) is 1. The van der Waals surface area contributed by atoms with Gasteiger partial charge in [0.25, 0.3) is 0 Å². The fourth-order valence-corrected chi connectivity index (χ4v) is 3.96. The summed E-state index contributed by atoms with van der Waals surface area (Å²) >= 11 is 0. The Morgan fingerprint density at radius 2 is 2.08 bits per heavy atom. The van der Waals surface area contributed by atoms with Gasteiger partial charge in [-0.2, -0.15) is 17.5 Å². The maximum absolute atomic E-state index is 12.8. The van der Waals surface area contributed by atoms with E-state index in [4.69, 9.17) is 4.74 Å². The lowest BCUT2D eigenvalue weighted by Gasteiger charge is -2.31. The van der Waals surface area contributed by atoms with E-state index in [0.717, 1.165) is 22.5 Å². The van der Waals surface area contributed by atoms with E-state index in [-0.39, 0.29) is 19.7 Å². The first-order valence-electron chi connectivity index (χ1n) is 7.21. The van der Waals surface area contributed by atoms with Gasteiger partial charge in [-0.25, -0.2) is 13.1 Å². The standard InChI is InChI=1S/C13H14F3N5O3S/c1-20-12(17-18-19-20)11-8-21(5-6-24-11)25(22,23)10-4-2-3-9(7-10)13(14,15)16/h2-4,7,11H,5-6,8H2,1H3. The maximum Gasteiger partial charge on any atom is 0.416 e. The van der Waals surface area contributed by atoms with E-state index >= 15 is 0 Å². The van der Waals surface area contributed by atoms with Crippen LogP contribution in [-0.2, 0) is 28.0 Å². The van der Waals surface area contributed by atoms with Gasteiger partial charge in [-0.1, -0.05) is 6.07 Å². The average Bonchev–Trinajstić information content (AvgIpc) is 3.00. The highest BCUT2D eigenvalue weighted by Crippen LogP contribution is 2.32. The number of benzene rings is 1. The largest absolute Gasteiger partial charge is 0.416 e. The van der Waals surface area contributed by atoms with Crippen LogP contribution < -0.4 is 0 Å². The number of alkyl halides is 3. The number of sulfonamides is 1. The van der Waals surface area contributed by atoms with Crippen molar-refractivity contribution in [2.45, 2.75) is 17.2 Å². The Morgan fingerprint density at radius 3 is 2.72 bits per heavy atom. The molecule has 1 unspecified atom stereocenters. The second-order valence-corrected chi connectivity index (χ2v) is 7.35. The van der Waals surface area contributed by atoms with Crippen molar-refractivity contribution in [1.29, 1.82) is 0 Å². The fourth-order valence-electron chi connectivity index (χ4n) is 2.49. The number of hydrogen-bond acceptors (Lipinski definition) is 6. The summed E-state index contributed by atoms with van der Waals surface area (Å²) < 4.78 is 71.9. The monoisotopic (exact) mass is 377 g/mol. The topological polar surface area (TPSA) is 90.2 Å². The predicted molar refractivity (Wildman–Crippen MR) is 77.7 cm³/mol. The number of halogens is 3. The number of morpholine rings is 1. The molecule has 136 valence electrons. The maximum atomic E-state index is 12.8. The zero-order valence-electron chi connectivity index (χ0n) is 13.0. The van der Waals surface area contributed by atoms with Gasteiger partial charge >= 0.3 is 6.18 Å². The first-order valence-corrected chi connectivity index (χ1v) is 8.65. The minimum absolute atomic E-state index is 0.0281. The van der Waals surface area contributed by atoms with E-state index < -0.39 is 32.8 Å². The highest BCUT2D eigenvalue weighted by Gasteiger charge is 2.36. The summed E-state index contributed by atoms with van der Waals surface area (Å²) in [5.41, 5.74) is -1.02. The molecule has 0 radical (unpaired) electrons. The Labute approximate surface area is 141 Å². The summed E-state index contributed by atoms with van der Waals surface area (Å²) in [6.45, 7) is 0.0167. The highest BCUT2D eigenvalue weighted by atomic mass is 32.2. The van der Waals surface area contributed by atoms with Gasteiger partial charge in [0.2, 0.25) is 10.0 Å². The molecule has 25 heavy (non-hydrogen) atoms. The van der Waals surface area contributed by atoms with Crippen LogP contribution in [0.4, 0.5) is 13.2 Å². The molecule has 0 N–H and O–H groups in total. The summed E-state index contributed by atoms with van der Waals surface area (Å²) in [4.78, 5) is -0.418. The van der Waals surface area contributed by atoms with Gasteiger partial charge in [-0.3, -0.25) is 0 Å².